The fraction of sp³-hybridized carbons (Fsp3) is 0.467. The number of hydrogen-bond acceptors (Lipinski definition) is 5. The number of carbonyl (C=O) groups is 2. The molecule has 0 spiro atoms. The van der Waals surface area contributed by atoms with Gasteiger partial charge in [-0.2, -0.15) is 0 Å². The summed E-state index contributed by atoms with van der Waals surface area (Å²) in [5, 5.41) is 12.2. The predicted molar refractivity (Wildman–Crippen MR) is 89.1 cm³/mol. The molecule has 1 aromatic rings. The Morgan fingerprint density at radius 1 is 1.35 bits per heavy atom. The van der Waals surface area contributed by atoms with Gasteiger partial charge in [-0.05, 0) is 5.56 Å². The van der Waals surface area contributed by atoms with Crippen LogP contribution in [0, 0.1) is 0 Å². The molecule has 0 saturated carbocycles. The first kappa shape index (κ1) is 21.3. The van der Waals surface area contributed by atoms with Crippen molar-refractivity contribution in [2.75, 3.05) is 33.3 Å². The molecule has 8 heteroatoms. The molecule has 2 amide bonds. The number of nitrogens with one attached hydrogen (secondary N) is 1. The van der Waals surface area contributed by atoms with Crippen LogP contribution in [0.3, 0.4) is 0 Å². The van der Waals surface area contributed by atoms with E-state index in [4.69, 9.17) is 10.5 Å². The van der Waals surface area contributed by atoms with E-state index in [2.05, 4.69) is 5.32 Å². The Morgan fingerprint density at radius 2 is 2.00 bits per heavy atom. The number of amides is 2. The van der Waals surface area contributed by atoms with E-state index in [1.54, 1.807) is 7.05 Å². The second-order valence-electron chi connectivity index (χ2n) is 4.91. The van der Waals surface area contributed by atoms with Gasteiger partial charge in [-0.3, -0.25) is 9.59 Å². The van der Waals surface area contributed by atoms with E-state index in [0.717, 1.165) is 5.56 Å². The first-order valence-electron chi connectivity index (χ1n) is 7.03. The largest absolute Gasteiger partial charge is 0.389 e. The lowest BCUT2D eigenvalue weighted by Crippen LogP contribution is -2.43. The van der Waals surface area contributed by atoms with Gasteiger partial charge in [0.1, 0.15) is 0 Å². The number of ether oxygens (including phenoxy) is 1. The van der Waals surface area contributed by atoms with Gasteiger partial charge >= 0.3 is 0 Å². The minimum absolute atomic E-state index is 0. The van der Waals surface area contributed by atoms with Crippen molar-refractivity contribution in [1.29, 1.82) is 0 Å². The third kappa shape index (κ3) is 9.14. The molecule has 1 unspecified atom stereocenters. The van der Waals surface area contributed by atoms with Gasteiger partial charge in [0, 0.05) is 13.6 Å². The molecule has 0 radical (unpaired) electrons. The summed E-state index contributed by atoms with van der Waals surface area (Å²) in [4.78, 5) is 24.0. The van der Waals surface area contributed by atoms with E-state index in [1.165, 1.54) is 4.90 Å². The molecule has 0 saturated heterocycles. The van der Waals surface area contributed by atoms with Crippen molar-refractivity contribution in [3.63, 3.8) is 0 Å². The number of nitrogens with two attached hydrogens (primary N) is 1. The maximum Gasteiger partial charge on any atom is 0.241 e. The van der Waals surface area contributed by atoms with Crippen LogP contribution >= 0.6 is 12.4 Å². The van der Waals surface area contributed by atoms with Crippen molar-refractivity contribution in [3.8, 4) is 0 Å². The van der Waals surface area contributed by atoms with Gasteiger partial charge in [0.05, 0.1) is 32.4 Å². The van der Waals surface area contributed by atoms with Gasteiger partial charge in [-0.15, -0.1) is 12.4 Å². The lowest BCUT2D eigenvalue weighted by molar-refractivity contribution is -0.133. The molecule has 4 N–H and O–H groups in total. The summed E-state index contributed by atoms with van der Waals surface area (Å²) < 4.78 is 5.40. The van der Waals surface area contributed by atoms with Crippen molar-refractivity contribution < 1.29 is 19.4 Å². The number of likely N-dealkylation sites (N-methyl/N-ethyl adjacent to an activating group) is 1. The highest BCUT2D eigenvalue weighted by Gasteiger charge is 2.14. The molecule has 0 bridgehead atoms. The number of hydrogen-bond donors (Lipinski definition) is 3. The molecule has 0 aliphatic heterocycles. The van der Waals surface area contributed by atoms with Gasteiger partial charge in [0.15, 0.2) is 0 Å². The van der Waals surface area contributed by atoms with Crippen LogP contribution in [0.1, 0.15) is 5.56 Å². The Labute approximate surface area is 142 Å². The smallest absolute Gasteiger partial charge is 0.241 e. The monoisotopic (exact) mass is 345 g/mol. The summed E-state index contributed by atoms with van der Waals surface area (Å²) >= 11 is 0. The summed E-state index contributed by atoms with van der Waals surface area (Å²) in [5.74, 6) is -0.697. The fourth-order valence-electron chi connectivity index (χ4n) is 1.74. The molecule has 7 nitrogen and oxygen atoms in total. The highest BCUT2D eigenvalue weighted by Crippen LogP contribution is 2.01. The standard InChI is InChI=1S/C15H23N3O4.ClH/c1-18(15(21)8-17-14(20)7-16)9-13(19)11-22-10-12-5-3-2-4-6-12;/h2-6,13,19H,7-11,16H2,1H3,(H,17,20);1H. The molecule has 23 heavy (non-hydrogen) atoms. The van der Waals surface area contributed by atoms with Gasteiger partial charge in [-0.1, -0.05) is 30.3 Å². The minimum Gasteiger partial charge on any atom is -0.389 e. The van der Waals surface area contributed by atoms with E-state index in [1.807, 2.05) is 30.3 Å². The van der Waals surface area contributed by atoms with Crippen LogP contribution in [-0.2, 0) is 20.9 Å². The van der Waals surface area contributed by atoms with Gasteiger partial charge in [0.2, 0.25) is 11.8 Å². The van der Waals surface area contributed by atoms with Crippen molar-refractivity contribution in [2.24, 2.45) is 5.73 Å². The molecule has 0 heterocycles. The summed E-state index contributed by atoms with van der Waals surface area (Å²) in [6.45, 7) is 0.368. The number of benzene rings is 1. The number of halogens is 1. The zero-order valence-corrected chi connectivity index (χ0v) is 13.9. The third-order valence-electron chi connectivity index (χ3n) is 2.95. The normalized spacial score (nSPS) is 11.3. The average molecular weight is 346 g/mol. The Bertz CT molecular complexity index is 473. The number of aliphatic hydroxyl groups excluding tert-OH is 1. The van der Waals surface area contributed by atoms with Crippen molar-refractivity contribution in [2.45, 2.75) is 12.7 Å². The Morgan fingerprint density at radius 3 is 2.61 bits per heavy atom. The van der Waals surface area contributed by atoms with E-state index >= 15 is 0 Å². The van der Waals surface area contributed by atoms with Crippen molar-refractivity contribution in [3.05, 3.63) is 35.9 Å². The highest BCUT2D eigenvalue weighted by molar-refractivity contribution is 5.85. The van der Waals surface area contributed by atoms with Gasteiger partial charge < -0.3 is 25.8 Å². The maximum absolute atomic E-state index is 11.7. The van der Waals surface area contributed by atoms with Crippen LogP contribution in [0.4, 0.5) is 0 Å². The SMILES string of the molecule is CN(CC(O)COCc1ccccc1)C(=O)CNC(=O)CN.Cl. The average Bonchev–Trinajstić information content (AvgIpc) is 2.53. The predicted octanol–water partition coefficient (Wildman–Crippen LogP) is -0.481. The number of rotatable bonds is 9. The summed E-state index contributed by atoms with van der Waals surface area (Å²) in [6.07, 6.45) is -0.789. The van der Waals surface area contributed by atoms with Crippen LogP contribution < -0.4 is 11.1 Å². The molecule has 0 aliphatic carbocycles. The first-order chi connectivity index (χ1) is 10.5. The third-order valence-corrected chi connectivity index (χ3v) is 2.95. The zero-order valence-electron chi connectivity index (χ0n) is 13.1. The molecular weight excluding hydrogens is 322 g/mol. The lowest BCUT2D eigenvalue weighted by Gasteiger charge is -2.21. The minimum atomic E-state index is -0.789. The molecule has 1 rings (SSSR count). The molecule has 1 atom stereocenters. The van der Waals surface area contributed by atoms with Gasteiger partial charge in [-0.25, -0.2) is 0 Å². The summed E-state index contributed by atoms with van der Waals surface area (Å²) in [5.41, 5.74) is 6.14. The number of nitrogens with zero attached hydrogens (tertiary/aromatic N) is 1. The van der Waals surface area contributed by atoms with Crippen molar-refractivity contribution >= 4 is 24.2 Å². The first-order valence-corrected chi connectivity index (χ1v) is 7.03. The topological polar surface area (TPSA) is 105 Å². The van der Waals surface area contributed by atoms with E-state index < -0.39 is 12.0 Å². The number of aliphatic hydroxyl groups is 1. The molecule has 1 aromatic carbocycles. The second-order valence-corrected chi connectivity index (χ2v) is 4.91. The molecule has 0 fully saturated rings. The molecule has 0 aromatic heterocycles. The Balaban J connectivity index is 0.00000484. The quantitative estimate of drug-likeness (QED) is 0.560. The van der Waals surface area contributed by atoms with E-state index in [9.17, 15) is 14.7 Å². The highest BCUT2D eigenvalue weighted by atomic mass is 35.5. The lowest BCUT2D eigenvalue weighted by atomic mass is 10.2. The zero-order chi connectivity index (χ0) is 16.4. The number of carbonyl (C=O) groups excluding carboxylic acids is 2. The van der Waals surface area contributed by atoms with Gasteiger partial charge in [0.25, 0.3) is 0 Å². The summed E-state index contributed by atoms with van der Waals surface area (Å²) in [6, 6.07) is 9.61. The van der Waals surface area contributed by atoms with Crippen LogP contribution in [0.5, 0.6) is 0 Å². The second kappa shape index (κ2) is 11.8. The van der Waals surface area contributed by atoms with Crippen molar-refractivity contribution in [1.82, 2.24) is 10.2 Å². The fourth-order valence-corrected chi connectivity index (χ4v) is 1.74. The maximum atomic E-state index is 11.7. The Hall–Kier alpha value is -1.67. The van der Waals surface area contributed by atoms with Crippen LogP contribution in [0.15, 0.2) is 30.3 Å². The van der Waals surface area contributed by atoms with E-state index in [0.29, 0.717) is 6.61 Å². The van der Waals surface area contributed by atoms with Crippen LogP contribution in [-0.4, -0.2) is 61.2 Å². The van der Waals surface area contributed by atoms with Crippen LogP contribution in [0.25, 0.3) is 0 Å². The molecular formula is C15H24ClN3O4. The molecule has 0 aliphatic rings. The van der Waals surface area contributed by atoms with Crippen LogP contribution in [0.2, 0.25) is 0 Å². The Kier molecular flexibility index (Phi) is 11.0. The summed E-state index contributed by atoms with van der Waals surface area (Å²) in [7, 11) is 1.55. The van der Waals surface area contributed by atoms with E-state index in [-0.39, 0.29) is 44.6 Å². The molecule has 130 valence electrons.